The summed E-state index contributed by atoms with van der Waals surface area (Å²) in [5.74, 6) is 0.807. The van der Waals surface area contributed by atoms with Crippen LogP contribution in [0, 0.1) is 5.41 Å². The largest absolute Gasteiger partial charge is 0.379 e. The van der Waals surface area contributed by atoms with Crippen LogP contribution in [0.5, 0.6) is 0 Å². The van der Waals surface area contributed by atoms with Crippen molar-refractivity contribution >= 4 is 40.8 Å². The van der Waals surface area contributed by atoms with Crippen LogP contribution in [0.25, 0.3) is 10.9 Å². The van der Waals surface area contributed by atoms with E-state index < -0.39 is 0 Å². The fourth-order valence-electron chi connectivity index (χ4n) is 2.81. The Balaban J connectivity index is 0.00000312. The summed E-state index contributed by atoms with van der Waals surface area (Å²) in [6, 6.07) is 8.38. The van der Waals surface area contributed by atoms with Crippen molar-refractivity contribution in [3.8, 4) is 0 Å². The van der Waals surface area contributed by atoms with Gasteiger partial charge in [-0.25, -0.2) is 0 Å². The molecule has 0 radical (unpaired) electrons. The van der Waals surface area contributed by atoms with E-state index in [0.29, 0.717) is 0 Å². The SMILES string of the molecule is CN=C(NCCc1c[nH]c2ccccc12)NCC(OC)C(C)(C)C.I. The molecule has 0 aliphatic rings. The highest BCUT2D eigenvalue weighted by molar-refractivity contribution is 14.0. The van der Waals surface area contributed by atoms with Gasteiger partial charge in [0.05, 0.1) is 6.10 Å². The van der Waals surface area contributed by atoms with E-state index in [4.69, 9.17) is 4.74 Å². The lowest BCUT2D eigenvalue weighted by Gasteiger charge is -2.30. The van der Waals surface area contributed by atoms with E-state index in [9.17, 15) is 0 Å². The molecule has 0 aliphatic carbocycles. The van der Waals surface area contributed by atoms with Gasteiger partial charge in [0.1, 0.15) is 0 Å². The van der Waals surface area contributed by atoms with Gasteiger partial charge in [0.25, 0.3) is 0 Å². The molecule has 0 amide bonds. The summed E-state index contributed by atoms with van der Waals surface area (Å²) in [6.07, 6.45) is 3.16. The molecule has 2 rings (SSSR count). The molecule has 2 aromatic rings. The van der Waals surface area contributed by atoms with Gasteiger partial charge in [-0.2, -0.15) is 0 Å². The van der Waals surface area contributed by atoms with Crippen molar-refractivity contribution in [3.05, 3.63) is 36.0 Å². The average Bonchev–Trinajstić information content (AvgIpc) is 2.96. The van der Waals surface area contributed by atoms with Crippen molar-refractivity contribution in [2.24, 2.45) is 10.4 Å². The van der Waals surface area contributed by atoms with Crippen LogP contribution in [0.15, 0.2) is 35.5 Å². The summed E-state index contributed by atoms with van der Waals surface area (Å²) in [4.78, 5) is 7.60. The Bertz CT molecular complexity index is 675. The molecule has 1 aromatic heterocycles. The van der Waals surface area contributed by atoms with E-state index in [1.54, 1.807) is 14.2 Å². The maximum atomic E-state index is 5.57. The molecular weight excluding hydrogens is 427 g/mol. The monoisotopic (exact) mass is 458 g/mol. The Morgan fingerprint density at radius 3 is 2.60 bits per heavy atom. The summed E-state index contributed by atoms with van der Waals surface area (Å²) in [6.45, 7) is 8.09. The second-order valence-electron chi connectivity index (χ2n) is 7.08. The minimum Gasteiger partial charge on any atom is -0.379 e. The first kappa shape index (κ1) is 21.8. The number of ether oxygens (including phenoxy) is 1. The summed E-state index contributed by atoms with van der Waals surface area (Å²) in [5.41, 5.74) is 2.59. The van der Waals surface area contributed by atoms with Crippen LogP contribution in [0.4, 0.5) is 0 Å². The number of rotatable bonds is 6. The van der Waals surface area contributed by atoms with Gasteiger partial charge < -0.3 is 20.4 Å². The Labute approximate surface area is 168 Å². The molecule has 6 heteroatoms. The quantitative estimate of drug-likeness (QED) is 0.353. The molecule has 0 saturated carbocycles. The minimum atomic E-state index is 0. The third-order valence-corrected chi connectivity index (χ3v) is 4.29. The lowest BCUT2D eigenvalue weighted by molar-refractivity contribution is 0.0205. The van der Waals surface area contributed by atoms with E-state index in [1.165, 1.54) is 16.5 Å². The number of halogens is 1. The molecule has 1 heterocycles. The first-order chi connectivity index (χ1) is 11.5. The maximum absolute atomic E-state index is 5.57. The van der Waals surface area contributed by atoms with Gasteiger partial charge in [-0.3, -0.25) is 4.99 Å². The number of hydrogen-bond acceptors (Lipinski definition) is 2. The Kier molecular flexibility index (Phi) is 8.71. The molecule has 1 atom stereocenters. The molecule has 25 heavy (non-hydrogen) atoms. The third kappa shape index (κ3) is 6.18. The highest BCUT2D eigenvalue weighted by Gasteiger charge is 2.24. The van der Waals surface area contributed by atoms with Crippen molar-refractivity contribution in [3.63, 3.8) is 0 Å². The minimum absolute atomic E-state index is 0. The second kappa shape index (κ2) is 10.0. The van der Waals surface area contributed by atoms with Crippen LogP contribution in [0.1, 0.15) is 26.3 Å². The summed E-state index contributed by atoms with van der Waals surface area (Å²) >= 11 is 0. The molecule has 3 N–H and O–H groups in total. The van der Waals surface area contributed by atoms with Crippen molar-refractivity contribution in [1.82, 2.24) is 15.6 Å². The number of benzene rings is 1. The molecule has 0 bridgehead atoms. The number of methoxy groups -OCH3 is 1. The summed E-state index contributed by atoms with van der Waals surface area (Å²) < 4.78 is 5.57. The van der Waals surface area contributed by atoms with Crippen molar-refractivity contribution < 1.29 is 4.74 Å². The lowest BCUT2D eigenvalue weighted by atomic mass is 9.89. The second-order valence-corrected chi connectivity index (χ2v) is 7.08. The molecule has 140 valence electrons. The molecule has 0 spiro atoms. The van der Waals surface area contributed by atoms with Gasteiger partial charge in [0.15, 0.2) is 5.96 Å². The standard InChI is InChI=1S/C19H30N4O.HI/c1-19(2,3)17(24-5)13-23-18(20-4)21-11-10-14-12-22-16-9-7-6-8-15(14)16;/h6-9,12,17,22H,10-11,13H2,1-5H3,(H2,20,21,23);1H. The fraction of sp³-hybridized carbons (Fsp3) is 0.526. The van der Waals surface area contributed by atoms with Gasteiger partial charge in [-0.15, -0.1) is 24.0 Å². The fourth-order valence-corrected chi connectivity index (χ4v) is 2.81. The Morgan fingerprint density at radius 2 is 1.96 bits per heavy atom. The van der Waals surface area contributed by atoms with E-state index >= 15 is 0 Å². The topological polar surface area (TPSA) is 61.4 Å². The van der Waals surface area contributed by atoms with Crippen molar-refractivity contribution in [2.45, 2.75) is 33.3 Å². The first-order valence-electron chi connectivity index (χ1n) is 8.48. The molecule has 0 fully saturated rings. The van der Waals surface area contributed by atoms with E-state index in [1.807, 2.05) is 6.07 Å². The summed E-state index contributed by atoms with van der Waals surface area (Å²) in [7, 11) is 3.55. The highest BCUT2D eigenvalue weighted by atomic mass is 127. The summed E-state index contributed by atoms with van der Waals surface area (Å²) in [5, 5.41) is 8.01. The molecular formula is C19H31IN4O. The number of guanidine groups is 1. The van der Waals surface area contributed by atoms with Crippen LogP contribution in [-0.2, 0) is 11.2 Å². The molecule has 1 aromatic carbocycles. The van der Waals surface area contributed by atoms with Gasteiger partial charge in [0, 0.05) is 44.3 Å². The zero-order valence-electron chi connectivity index (χ0n) is 15.8. The van der Waals surface area contributed by atoms with E-state index in [2.05, 4.69) is 65.8 Å². The number of H-pyrrole nitrogens is 1. The Morgan fingerprint density at radius 1 is 1.24 bits per heavy atom. The molecule has 0 aliphatic heterocycles. The highest BCUT2D eigenvalue weighted by Crippen LogP contribution is 2.21. The zero-order chi connectivity index (χ0) is 17.6. The normalized spacial score (nSPS) is 13.4. The number of fused-ring (bicyclic) bond motifs is 1. The molecule has 1 unspecified atom stereocenters. The van der Waals surface area contributed by atoms with Crippen molar-refractivity contribution in [2.75, 3.05) is 27.2 Å². The van der Waals surface area contributed by atoms with Crippen LogP contribution in [0.3, 0.4) is 0 Å². The van der Waals surface area contributed by atoms with E-state index in [-0.39, 0.29) is 35.5 Å². The molecule has 0 saturated heterocycles. The third-order valence-electron chi connectivity index (χ3n) is 4.29. The van der Waals surface area contributed by atoms with Crippen LogP contribution in [0.2, 0.25) is 0 Å². The Hall–Kier alpha value is -1.28. The van der Waals surface area contributed by atoms with E-state index in [0.717, 1.165) is 25.5 Å². The maximum Gasteiger partial charge on any atom is 0.191 e. The first-order valence-corrected chi connectivity index (χ1v) is 8.48. The zero-order valence-corrected chi connectivity index (χ0v) is 18.2. The van der Waals surface area contributed by atoms with Crippen molar-refractivity contribution in [1.29, 1.82) is 0 Å². The number of aliphatic imine (C=N–C) groups is 1. The number of aromatic nitrogens is 1. The van der Waals surface area contributed by atoms with Gasteiger partial charge in [0.2, 0.25) is 0 Å². The smallest absolute Gasteiger partial charge is 0.191 e. The predicted octanol–water partition coefficient (Wildman–Crippen LogP) is 3.55. The number of nitrogens with one attached hydrogen (secondary N) is 3. The lowest BCUT2D eigenvalue weighted by Crippen LogP contribution is -2.45. The van der Waals surface area contributed by atoms with Gasteiger partial charge >= 0.3 is 0 Å². The van der Waals surface area contributed by atoms with Crippen LogP contribution < -0.4 is 10.6 Å². The average molecular weight is 458 g/mol. The predicted molar refractivity (Wildman–Crippen MR) is 117 cm³/mol. The number of aromatic amines is 1. The number of hydrogen-bond donors (Lipinski definition) is 3. The van der Waals surface area contributed by atoms with Gasteiger partial charge in [-0.05, 0) is 23.5 Å². The number of para-hydroxylation sites is 1. The van der Waals surface area contributed by atoms with Crippen LogP contribution in [-0.4, -0.2) is 44.3 Å². The van der Waals surface area contributed by atoms with Gasteiger partial charge in [-0.1, -0.05) is 39.0 Å². The number of nitrogens with zero attached hydrogens (tertiary/aromatic N) is 1. The molecule has 5 nitrogen and oxygen atoms in total. The van der Waals surface area contributed by atoms with Crippen LogP contribution >= 0.6 is 24.0 Å².